The van der Waals surface area contributed by atoms with Crippen molar-refractivity contribution in [2.75, 3.05) is 26.7 Å². The molecule has 1 saturated heterocycles. The molecule has 21 heavy (non-hydrogen) atoms. The van der Waals surface area contributed by atoms with Crippen molar-refractivity contribution in [2.45, 2.75) is 37.2 Å². The summed E-state index contributed by atoms with van der Waals surface area (Å²) in [7, 11) is -1.51. The minimum absolute atomic E-state index is 0.00618. The number of nitrogens with zero attached hydrogens (tertiary/aromatic N) is 3. The molecule has 1 aromatic rings. The molecule has 0 spiro atoms. The van der Waals surface area contributed by atoms with Crippen molar-refractivity contribution in [3.8, 4) is 0 Å². The monoisotopic (exact) mass is 312 g/mol. The number of hydrogen-bond acceptors (Lipinski definition) is 5. The van der Waals surface area contributed by atoms with Gasteiger partial charge in [0.15, 0.2) is 0 Å². The van der Waals surface area contributed by atoms with Crippen molar-refractivity contribution in [1.29, 1.82) is 0 Å². The van der Waals surface area contributed by atoms with Gasteiger partial charge in [-0.2, -0.15) is 4.31 Å². The molecule has 0 aromatic carbocycles. The van der Waals surface area contributed by atoms with Crippen LogP contribution in [0.2, 0.25) is 0 Å². The summed E-state index contributed by atoms with van der Waals surface area (Å²) in [6.45, 7) is 4.37. The van der Waals surface area contributed by atoms with E-state index in [-0.39, 0.29) is 17.5 Å². The molecule has 6 nitrogen and oxygen atoms in total. The van der Waals surface area contributed by atoms with Gasteiger partial charge in [0, 0.05) is 31.9 Å². The summed E-state index contributed by atoms with van der Waals surface area (Å²) in [5.41, 5.74) is 6.08. The van der Waals surface area contributed by atoms with E-state index in [1.165, 1.54) is 0 Å². The van der Waals surface area contributed by atoms with Crippen LogP contribution in [0.25, 0.3) is 0 Å². The van der Waals surface area contributed by atoms with Crippen LogP contribution >= 0.6 is 0 Å². The first-order valence-corrected chi connectivity index (χ1v) is 8.79. The standard InChI is InChI=1S/C14H24N4O2S/c1-3-12-11-17(2)8-5-9-18(12)21(19,20)14-6-4-7-16-13(14)10-15/h4,6-7,12H,3,5,8-11,15H2,1-2H3. The van der Waals surface area contributed by atoms with Crippen molar-refractivity contribution in [3.05, 3.63) is 24.0 Å². The Morgan fingerprint density at radius 3 is 2.86 bits per heavy atom. The van der Waals surface area contributed by atoms with Crippen LogP contribution in [0.1, 0.15) is 25.5 Å². The lowest BCUT2D eigenvalue weighted by atomic mass is 10.2. The molecular formula is C14H24N4O2S. The van der Waals surface area contributed by atoms with Gasteiger partial charge in [0.05, 0.1) is 5.69 Å². The smallest absolute Gasteiger partial charge is 0.245 e. The van der Waals surface area contributed by atoms with E-state index >= 15 is 0 Å². The normalized spacial score (nSPS) is 22.1. The van der Waals surface area contributed by atoms with E-state index in [4.69, 9.17) is 5.73 Å². The fraction of sp³-hybridized carbons (Fsp3) is 0.643. The van der Waals surface area contributed by atoms with Gasteiger partial charge in [0.25, 0.3) is 0 Å². The molecule has 1 atom stereocenters. The lowest BCUT2D eigenvalue weighted by Gasteiger charge is -2.29. The van der Waals surface area contributed by atoms with E-state index in [2.05, 4.69) is 9.88 Å². The highest BCUT2D eigenvalue weighted by atomic mass is 32.2. The molecule has 0 amide bonds. The Morgan fingerprint density at radius 2 is 2.19 bits per heavy atom. The van der Waals surface area contributed by atoms with Gasteiger partial charge in [-0.1, -0.05) is 6.92 Å². The summed E-state index contributed by atoms with van der Waals surface area (Å²) in [5, 5.41) is 0. The van der Waals surface area contributed by atoms with E-state index < -0.39 is 10.0 Å². The van der Waals surface area contributed by atoms with E-state index in [1.807, 2.05) is 14.0 Å². The molecule has 1 fully saturated rings. The first-order chi connectivity index (χ1) is 10.0. The SMILES string of the molecule is CCC1CN(C)CCCN1S(=O)(=O)c1cccnc1CN. The topological polar surface area (TPSA) is 79.5 Å². The van der Waals surface area contributed by atoms with Crippen LogP contribution < -0.4 is 5.73 Å². The van der Waals surface area contributed by atoms with Gasteiger partial charge in [0.1, 0.15) is 4.90 Å². The Morgan fingerprint density at radius 1 is 1.43 bits per heavy atom. The van der Waals surface area contributed by atoms with Crippen molar-refractivity contribution in [3.63, 3.8) is 0 Å². The van der Waals surface area contributed by atoms with Crippen LogP contribution in [0, 0.1) is 0 Å². The molecule has 2 rings (SSSR count). The zero-order valence-corrected chi connectivity index (χ0v) is 13.5. The molecule has 0 aliphatic carbocycles. The van der Waals surface area contributed by atoms with Gasteiger partial charge < -0.3 is 10.6 Å². The zero-order valence-electron chi connectivity index (χ0n) is 12.7. The third-order valence-electron chi connectivity index (χ3n) is 3.95. The van der Waals surface area contributed by atoms with Crippen molar-refractivity contribution in [2.24, 2.45) is 5.73 Å². The number of sulfonamides is 1. The maximum atomic E-state index is 13.0. The van der Waals surface area contributed by atoms with Gasteiger partial charge in [0.2, 0.25) is 10.0 Å². The first-order valence-electron chi connectivity index (χ1n) is 7.35. The van der Waals surface area contributed by atoms with Crippen molar-refractivity contribution in [1.82, 2.24) is 14.2 Å². The van der Waals surface area contributed by atoms with Crippen molar-refractivity contribution >= 4 is 10.0 Å². The molecule has 1 aliphatic heterocycles. The molecule has 7 heteroatoms. The Balaban J connectivity index is 2.41. The Kier molecular flexibility index (Phi) is 5.32. The lowest BCUT2D eigenvalue weighted by molar-refractivity contribution is 0.270. The quantitative estimate of drug-likeness (QED) is 0.883. The average molecular weight is 312 g/mol. The third-order valence-corrected chi connectivity index (χ3v) is 5.97. The number of rotatable bonds is 4. The second-order valence-electron chi connectivity index (χ2n) is 5.45. The minimum Gasteiger partial charge on any atom is -0.325 e. The van der Waals surface area contributed by atoms with Crippen LogP contribution in [0.4, 0.5) is 0 Å². The second-order valence-corrected chi connectivity index (χ2v) is 7.30. The van der Waals surface area contributed by atoms with Crippen molar-refractivity contribution < 1.29 is 8.42 Å². The molecule has 1 aliphatic rings. The van der Waals surface area contributed by atoms with Gasteiger partial charge >= 0.3 is 0 Å². The van der Waals surface area contributed by atoms with Crippen LogP contribution in [-0.2, 0) is 16.6 Å². The van der Waals surface area contributed by atoms with E-state index in [9.17, 15) is 8.42 Å². The highest BCUT2D eigenvalue weighted by molar-refractivity contribution is 7.89. The highest BCUT2D eigenvalue weighted by Crippen LogP contribution is 2.24. The van der Waals surface area contributed by atoms with Gasteiger partial charge in [-0.25, -0.2) is 8.42 Å². The van der Waals surface area contributed by atoms with Crippen LogP contribution in [-0.4, -0.2) is 55.3 Å². The molecule has 2 N–H and O–H groups in total. The van der Waals surface area contributed by atoms with Crippen LogP contribution in [0.5, 0.6) is 0 Å². The zero-order chi connectivity index (χ0) is 15.5. The van der Waals surface area contributed by atoms with E-state index in [0.29, 0.717) is 12.2 Å². The van der Waals surface area contributed by atoms with E-state index in [0.717, 1.165) is 25.9 Å². The Hall–Kier alpha value is -1.02. The number of hydrogen-bond donors (Lipinski definition) is 1. The maximum absolute atomic E-state index is 13.0. The molecule has 2 heterocycles. The summed E-state index contributed by atoms with van der Waals surface area (Å²) in [6, 6.07) is 3.25. The molecule has 1 unspecified atom stereocenters. The second kappa shape index (κ2) is 6.83. The molecule has 1 aromatic heterocycles. The maximum Gasteiger partial charge on any atom is 0.245 e. The van der Waals surface area contributed by atoms with Crippen LogP contribution in [0.15, 0.2) is 23.2 Å². The number of likely N-dealkylation sites (N-methyl/N-ethyl adjacent to an activating group) is 1. The molecule has 118 valence electrons. The number of pyridine rings is 1. The number of nitrogens with two attached hydrogens (primary N) is 1. The first kappa shape index (κ1) is 16.4. The summed E-state index contributed by atoms with van der Waals surface area (Å²) in [4.78, 5) is 6.54. The van der Waals surface area contributed by atoms with Gasteiger partial charge in [-0.3, -0.25) is 4.98 Å². The highest BCUT2D eigenvalue weighted by Gasteiger charge is 2.34. The molecule has 0 saturated carbocycles. The predicted octanol–water partition coefficient (Wildman–Crippen LogP) is 0.645. The minimum atomic E-state index is -3.55. The third kappa shape index (κ3) is 3.42. The van der Waals surface area contributed by atoms with Gasteiger partial charge in [-0.05, 0) is 38.6 Å². The largest absolute Gasteiger partial charge is 0.325 e. The van der Waals surface area contributed by atoms with Gasteiger partial charge in [-0.15, -0.1) is 0 Å². The summed E-state index contributed by atoms with van der Waals surface area (Å²) in [5.74, 6) is 0. The predicted molar refractivity (Wildman–Crippen MR) is 82.2 cm³/mol. The molecule has 0 bridgehead atoms. The van der Waals surface area contributed by atoms with E-state index in [1.54, 1.807) is 22.6 Å². The average Bonchev–Trinajstić information content (AvgIpc) is 2.68. The summed E-state index contributed by atoms with van der Waals surface area (Å²) in [6.07, 6.45) is 3.21. The summed E-state index contributed by atoms with van der Waals surface area (Å²) < 4.78 is 27.6. The summed E-state index contributed by atoms with van der Waals surface area (Å²) >= 11 is 0. The molecule has 0 radical (unpaired) electrons. The lowest BCUT2D eigenvalue weighted by Crippen LogP contribution is -2.43. The van der Waals surface area contributed by atoms with Crippen LogP contribution in [0.3, 0.4) is 0 Å². The Bertz CT molecular complexity index is 576. The fourth-order valence-corrected chi connectivity index (χ4v) is 4.72. The Labute approximate surface area is 127 Å². The molecular weight excluding hydrogens is 288 g/mol. The number of aromatic nitrogens is 1. The fourth-order valence-electron chi connectivity index (χ4n) is 2.81.